The Labute approximate surface area is 280 Å². The summed E-state index contributed by atoms with van der Waals surface area (Å²) in [7, 11) is 1.18. The van der Waals surface area contributed by atoms with Gasteiger partial charge in [-0.2, -0.15) is 0 Å². The van der Waals surface area contributed by atoms with Crippen LogP contribution in [0.1, 0.15) is 129 Å². The lowest BCUT2D eigenvalue weighted by Crippen LogP contribution is -2.56. The predicted molar refractivity (Wildman–Crippen MR) is 180 cm³/mol. The molecule has 0 unspecified atom stereocenters. The number of nitrogens with two attached hydrogens (primary N) is 1. The van der Waals surface area contributed by atoms with E-state index in [0.29, 0.717) is 49.4 Å². The number of Topliss-reactive ketones (excluding diaryl/α,β-unsaturated/α-hetero) is 1. The summed E-state index contributed by atoms with van der Waals surface area (Å²) < 4.78 is 10.6. The SMILES string of the molecule is CCCCCCCC(=O)CCCCCCCC[C@H](C(=O)N[C@@H](Cc1ccc(OCCCC)cc1)C(=O)OC)[C@@](O)(CC(N)=O)C(=O)O. The fourth-order valence-electron chi connectivity index (χ4n) is 5.53. The summed E-state index contributed by atoms with van der Waals surface area (Å²) in [6.07, 6.45) is 12.2. The maximum absolute atomic E-state index is 13.5. The van der Waals surface area contributed by atoms with Crippen molar-refractivity contribution < 1.29 is 43.7 Å². The zero-order valence-corrected chi connectivity index (χ0v) is 28.7. The van der Waals surface area contributed by atoms with Crippen LogP contribution < -0.4 is 15.8 Å². The number of ketones is 1. The van der Waals surface area contributed by atoms with Crippen LogP contribution in [0.3, 0.4) is 0 Å². The van der Waals surface area contributed by atoms with Crippen molar-refractivity contribution in [3.05, 3.63) is 29.8 Å². The van der Waals surface area contributed by atoms with Gasteiger partial charge in [-0.15, -0.1) is 0 Å². The molecule has 11 nitrogen and oxygen atoms in total. The highest BCUT2D eigenvalue weighted by atomic mass is 16.5. The molecule has 0 aromatic heterocycles. The Hall–Kier alpha value is -3.47. The van der Waals surface area contributed by atoms with E-state index in [1.54, 1.807) is 24.3 Å². The van der Waals surface area contributed by atoms with Crippen molar-refractivity contribution >= 4 is 29.5 Å². The number of carboxylic acids is 1. The van der Waals surface area contributed by atoms with Crippen molar-refractivity contribution in [1.29, 1.82) is 0 Å². The van der Waals surface area contributed by atoms with Gasteiger partial charge in [0.05, 0.1) is 26.1 Å². The first-order valence-corrected chi connectivity index (χ1v) is 17.3. The molecule has 11 heteroatoms. The zero-order valence-electron chi connectivity index (χ0n) is 28.7. The van der Waals surface area contributed by atoms with Gasteiger partial charge in [0.15, 0.2) is 5.60 Å². The molecule has 0 aliphatic rings. The van der Waals surface area contributed by atoms with Crippen molar-refractivity contribution in [2.24, 2.45) is 11.7 Å². The summed E-state index contributed by atoms with van der Waals surface area (Å²) in [5.41, 5.74) is 3.20. The molecule has 0 spiro atoms. The topological polar surface area (TPSA) is 182 Å². The molecule has 5 N–H and O–H groups in total. The number of aliphatic carboxylic acids is 1. The molecule has 1 rings (SSSR count). The molecular weight excluding hydrogens is 604 g/mol. The molecule has 2 amide bonds. The Morgan fingerprint density at radius 2 is 1.38 bits per heavy atom. The summed E-state index contributed by atoms with van der Waals surface area (Å²) in [5, 5.41) is 23.6. The molecule has 0 saturated heterocycles. The van der Waals surface area contributed by atoms with Crippen molar-refractivity contribution in [3.63, 3.8) is 0 Å². The molecule has 0 radical (unpaired) electrons. The zero-order chi connectivity index (χ0) is 35.1. The van der Waals surface area contributed by atoms with E-state index in [9.17, 15) is 34.2 Å². The second-order valence-corrected chi connectivity index (χ2v) is 12.4. The molecule has 0 bridgehead atoms. The molecule has 0 heterocycles. The number of methoxy groups -OCH3 is 1. The number of benzene rings is 1. The first-order chi connectivity index (χ1) is 22.5. The van der Waals surface area contributed by atoms with Crippen LogP contribution in [-0.2, 0) is 35.1 Å². The summed E-state index contributed by atoms with van der Waals surface area (Å²) in [4.78, 5) is 62.3. The Morgan fingerprint density at radius 3 is 1.91 bits per heavy atom. The van der Waals surface area contributed by atoms with E-state index < -0.39 is 47.7 Å². The average Bonchev–Trinajstić information content (AvgIpc) is 3.03. The molecule has 1 aromatic rings. The van der Waals surface area contributed by atoms with Crippen molar-refractivity contribution in [3.8, 4) is 5.75 Å². The monoisotopic (exact) mass is 662 g/mol. The van der Waals surface area contributed by atoms with Crippen LogP contribution in [0.5, 0.6) is 5.75 Å². The number of carbonyl (C=O) groups is 5. The minimum absolute atomic E-state index is 0.0447. The number of unbranched alkanes of at least 4 members (excludes halogenated alkanes) is 10. The first kappa shape index (κ1) is 41.6. The highest BCUT2D eigenvalue weighted by Gasteiger charge is 2.49. The smallest absolute Gasteiger partial charge is 0.337 e. The van der Waals surface area contributed by atoms with E-state index in [1.807, 2.05) is 0 Å². The second-order valence-electron chi connectivity index (χ2n) is 12.4. The molecule has 47 heavy (non-hydrogen) atoms. The number of amides is 2. The number of carboxylic acid groups (broad SMARTS) is 1. The van der Waals surface area contributed by atoms with Crippen molar-refractivity contribution in [2.45, 2.75) is 141 Å². The van der Waals surface area contributed by atoms with Crippen LogP contribution in [0.25, 0.3) is 0 Å². The molecule has 1 aromatic carbocycles. The largest absolute Gasteiger partial charge is 0.494 e. The maximum atomic E-state index is 13.5. The van der Waals surface area contributed by atoms with Gasteiger partial charge in [-0.05, 0) is 43.4 Å². The highest BCUT2D eigenvalue weighted by Crippen LogP contribution is 2.29. The van der Waals surface area contributed by atoms with Gasteiger partial charge in [0.1, 0.15) is 17.6 Å². The number of hydrogen-bond acceptors (Lipinski definition) is 8. The summed E-state index contributed by atoms with van der Waals surface area (Å²) in [6.45, 7) is 4.81. The van der Waals surface area contributed by atoms with Crippen LogP contribution in [0.2, 0.25) is 0 Å². The van der Waals surface area contributed by atoms with Gasteiger partial charge in [0.2, 0.25) is 11.8 Å². The number of primary amides is 1. The third-order valence-electron chi connectivity index (χ3n) is 8.40. The van der Waals surface area contributed by atoms with Crippen molar-refractivity contribution in [1.82, 2.24) is 5.32 Å². The van der Waals surface area contributed by atoms with Gasteiger partial charge < -0.3 is 30.7 Å². The van der Waals surface area contributed by atoms with E-state index in [1.165, 1.54) is 26.4 Å². The van der Waals surface area contributed by atoms with Gasteiger partial charge in [-0.1, -0.05) is 90.2 Å². The van der Waals surface area contributed by atoms with Crippen LogP contribution in [0.4, 0.5) is 0 Å². The fourth-order valence-corrected chi connectivity index (χ4v) is 5.53. The Morgan fingerprint density at radius 1 is 0.830 bits per heavy atom. The lowest BCUT2D eigenvalue weighted by atomic mass is 9.79. The van der Waals surface area contributed by atoms with Crippen LogP contribution in [-0.4, -0.2) is 65.1 Å². The lowest BCUT2D eigenvalue weighted by molar-refractivity contribution is -0.172. The van der Waals surface area contributed by atoms with Crippen LogP contribution >= 0.6 is 0 Å². The molecule has 0 saturated carbocycles. The summed E-state index contributed by atoms with van der Waals surface area (Å²) in [5.74, 6) is -5.04. The molecule has 0 aliphatic carbocycles. The normalized spacial score (nSPS) is 13.6. The number of carbonyl (C=O) groups excluding carboxylic acids is 4. The van der Waals surface area contributed by atoms with Crippen molar-refractivity contribution in [2.75, 3.05) is 13.7 Å². The van der Waals surface area contributed by atoms with Gasteiger partial charge in [0, 0.05) is 19.3 Å². The van der Waals surface area contributed by atoms with E-state index in [-0.39, 0.29) is 12.8 Å². The quantitative estimate of drug-likeness (QED) is 0.0672. The Balaban J connectivity index is 2.80. The number of hydrogen-bond donors (Lipinski definition) is 4. The predicted octanol–water partition coefficient (Wildman–Crippen LogP) is 5.42. The molecular formula is C36H58N2O9. The van der Waals surface area contributed by atoms with Crippen LogP contribution in [0.15, 0.2) is 24.3 Å². The first-order valence-electron chi connectivity index (χ1n) is 17.3. The van der Waals surface area contributed by atoms with Gasteiger partial charge in [0.25, 0.3) is 0 Å². The highest BCUT2D eigenvalue weighted by molar-refractivity contribution is 5.94. The molecule has 0 fully saturated rings. The number of rotatable bonds is 28. The standard InChI is InChI=1S/C36H58N2O9/c1-4-6-8-11-14-17-28(39)18-15-12-9-10-13-16-19-30(36(45,35(43)44)26-32(37)40)33(41)38-31(34(42)46-3)25-27-20-22-29(23-21-27)47-24-7-5-2/h20-23,30-31,45H,4-19,24-26H2,1-3H3,(H2,37,40)(H,38,41)(H,43,44)/t30-,31+,36+/m1/s1. The number of aliphatic hydroxyl groups is 1. The fraction of sp³-hybridized carbons (Fsp3) is 0.694. The Bertz CT molecular complexity index is 1090. The third kappa shape index (κ3) is 16.8. The number of ether oxygens (including phenoxy) is 2. The van der Waals surface area contributed by atoms with E-state index in [0.717, 1.165) is 51.4 Å². The molecule has 0 aliphatic heterocycles. The third-order valence-corrected chi connectivity index (χ3v) is 8.40. The molecule has 3 atom stereocenters. The van der Waals surface area contributed by atoms with E-state index in [4.69, 9.17) is 15.2 Å². The number of nitrogens with one attached hydrogen (secondary N) is 1. The lowest BCUT2D eigenvalue weighted by Gasteiger charge is -2.32. The molecule has 266 valence electrons. The summed E-state index contributed by atoms with van der Waals surface area (Å²) in [6, 6.07) is 5.85. The second kappa shape index (κ2) is 23.8. The van der Waals surface area contributed by atoms with Gasteiger partial charge in [-0.25, -0.2) is 9.59 Å². The average molecular weight is 663 g/mol. The maximum Gasteiger partial charge on any atom is 0.337 e. The van der Waals surface area contributed by atoms with Gasteiger partial charge >= 0.3 is 11.9 Å². The summed E-state index contributed by atoms with van der Waals surface area (Å²) >= 11 is 0. The van der Waals surface area contributed by atoms with Crippen LogP contribution in [0, 0.1) is 5.92 Å². The van der Waals surface area contributed by atoms with E-state index in [2.05, 4.69) is 19.2 Å². The van der Waals surface area contributed by atoms with E-state index >= 15 is 0 Å². The minimum atomic E-state index is -2.76. The minimum Gasteiger partial charge on any atom is -0.494 e. The number of esters is 1. The van der Waals surface area contributed by atoms with Gasteiger partial charge in [-0.3, -0.25) is 14.4 Å². The Kier molecular flexibility index (Phi) is 21.0.